The van der Waals surface area contributed by atoms with E-state index in [2.05, 4.69) is 22.1 Å². The number of aryl methyl sites for hydroxylation is 1. The molecule has 0 aliphatic carbocycles. The number of hydrogen-bond acceptors (Lipinski definition) is 7. The van der Waals surface area contributed by atoms with Crippen molar-refractivity contribution >= 4 is 5.91 Å². The molecule has 2 aliphatic heterocycles. The minimum absolute atomic E-state index is 0.00906. The number of likely N-dealkylation sites (tertiary alicyclic amines) is 2. The van der Waals surface area contributed by atoms with Crippen LogP contribution >= 0.6 is 0 Å². The highest BCUT2D eigenvalue weighted by Crippen LogP contribution is 2.48. The molecule has 1 amide bonds. The molecule has 8 heteroatoms. The molecule has 2 saturated heterocycles. The van der Waals surface area contributed by atoms with Crippen molar-refractivity contribution in [3.8, 4) is 11.5 Å². The highest BCUT2D eigenvalue weighted by molar-refractivity contribution is 5.97. The van der Waals surface area contributed by atoms with Crippen molar-refractivity contribution in [3.05, 3.63) is 35.5 Å². The molecule has 29 heavy (non-hydrogen) atoms. The predicted octanol–water partition coefficient (Wildman–Crippen LogP) is 2.69. The number of hydrogen-bond donors (Lipinski definition) is 0. The summed E-state index contributed by atoms with van der Waals surface area (Å²) in [5.41, 5.74) is 0.759. The summed E-state index contributed by atoms with van der Waals surface area (Å²) in [7, 11) is 5.28. The van der Waals surface area contributed by atoms with Crippen molar-refractivity contribution in [1.82, 2.24) is 19.9 Å². The Balaban J connectivity index is 1.44. The first-order valence-corrected chi connectivity index (χ1v) is 9.96. The lowest BCUT2D eigenvalue weighted by atomic mass is 9.76. The van der Waals surface area contributed by atoms with Gasteiger partial charge in [0, 0.05) is 25.7 Å². The molecule has 4 rings (SSSR count). The maximum atomic E-state index is 13.1. The standard InChI is InChI=1S/C21H28N4O4/c1-14-22-19(29-23-14)17-12-21(13-24(17)2)7-9-25(10-8-21)20(26)16-6-5-15(27-3)11-18(16)28-4/h5-6,11,17H,7-10,12-13H2,1-4H3. The van der Waals surface area contributed by atoms with E-state index >= 15 is 0 Å². The molecular formula is C21H28N4O4. The van der Waals surface area contributed by atoms with E-state index in [0.717, 1.165) is 38.9 Å². The number of piperidine rings is 1. The van der Waals surface area contributed by atoms with Crippen molar-refractivity contribution in [2.75, 3.05) is 40.9 Å². The molecule has 8 nitrogen and oxygen atoms in total. The van der Waals surface area contributed by atoms with Gasteiger partial charge in [0.2, 0.25) is 5.89 Å². The average molecular weight is 400 g/mol. The molecule has 1 spiro atoms. The van der Waals surface area contributed by atoms with Crippen LogP contribution < -0.4 is 9.47 Å². The van der Waals surface area contributed by atoms with Gasteiger partial charge >= 0.3 is 0 Å². The Morgan fingerprint density at radius 2 is 2.00 bits per heavy atom. The van der Waals surface area contributed by atoms with E-state index in [1.807, 2.05) is 11.8 Å². The zero-order chi connectivity index (χ0) is 20.6. The van der Waals surface area contributed by atoms with Crippen LogP contribution in [0.2, 0.25) is 0 Å². The molecular weight excluding hydrogens is 372 g/mol. The summed E-state index contributed by atoms with van der Waals surface area (Å²) < 4.78 is 16.1. The number of nitrogens with zero attached hydrogens (tertiary/aromatic N) is 4. The van der Waals surface area contributed by atoms with Crippen LogP contribution in [0, 0.1) is 12.3 Å². The maximum absolute atomic E-state index is 13.1. The van der Waals surface area contributed by atoms with Crippen LogP contribution in [-0.2, 0) is 0 Å². The van der Waals surface area contributed by atoms with Crippen LogP contribution in [0.5, 0.6) is 11.5 Å². The van der Waals surface area contributed by atoms with Gasteiger partial charge in [0.15, 0.2) is 5.82 Å². The van der Waals surface area contributed by atoms with E-state index in [1.54, 1.807) is 32.4 Å². The molecule has 0 N–H and O–H groups in total. The molecule has 1 atom stereocenters. The fourth-order valence-corrected chi connectivity index (χ4v) is 4.69. The maximum Gasteiger partial charge on any atom is 0.257 e. The zero-order valence-electron chi connectivity index (χ0n) is 17.5. The van der Waals surface area contributed by atoms with Crippen LogP contribution in [0.1, 0.15) is 47.4 Å². The fourth-order valence-electron chi connectivity index (χ4n) is 4.69. The predicted molar refractivity (Wildman–Crippen MR) is 106 cm³/mol. The molecule has 1 unspecified atom stereocenters. The minimum Gasteiger partial charge on any atom is -0.497 e. The number of ether oxygens (including phenoxy) is 2. The van der Waals surface area contributed by atoms with Crippen molar-refractivity contribution in [3.63, 3.8) is 0 Å². The minimum atomic E-state index is 0.00906. The Labute approximate surface area is 170 Å². The molecule has 2 fully saturated rings. The Hall–Kier alpha value is -2.61. The number of aromatic nitrogens is 2. The number of benzene rings is 1. The SMILES string of the molecule is COc1ccc(C(=O)N2CCC3(CC2)CC(c2nc(C)no2)N(C)C3)c(OC)c1. The molecule has 0 bridgehead atoms. The number of amides is 1. The van der Waals surface area contributed by atoms with Crippen LogP contribution in [0.3, 0.4) is 0 Å². The largest absolute Gasteiger partial charge is 0.497 e. The van der Waals surface area contributed by atoms with E-state index in [0.29, 0.717) is 28.8 Å². The number of carbonyl (C=O) groups excluding carboxylic acids is 1. The topological polar surface area (TPSA) is 80.9 Å². The van der Waals surface area contributed by atoms with Gasteiger partial charge in [0.25, 0.3) is 5.91 Å². The Morgan fingerprint density at radius 1 is 1.24 bits per heavy atom. The lowest BCUT2D eigenvalue weighted by Gasteiger charge is -2.39. The Bertz CT molecular complexity index is 889. The molecule has 156 valence electrons. The molecule has 1 aromatic heterocycles. The molecule has 0 saturated carbocycles. The lowest BCUT2D eigenvalue weighted by Crippen LogP contribution is -2.44. The third kappa shape index (κ3) is 3.69. The second-order valence-electron chi connectivity index (χ2n) is 8.17. The molecule has 0 radical (unpaired) electrons. The first kappa shape index (κ1) is 19.7. The summed E-state index contributed by atoms with van der Waals surface area (Å²) in [5.74, 6) is 2.59. The van der Waals surface area contributed by atoms with Gasteiger partial charge in [0.1, 0.15) is 11.5 Å². The van der Waals surface area contributed by atoms with Crippen LogP contribution in [0.15, 0.2) is 22.7 Å². The smallest absolute Gasteiger partial charge is 0.257 e. The Kier molecular flexibility index (Phi) is 5.21. The molecule has 2 aliphatic rings. The van der Waals surface area contributed by atoms with Gasteiger partial charge in [-0.15, -0.1) is 0 Å². The summed E-state index contributed by atoms with van der Waals surface area (Å²) in [6, 6.07) is 5.48. The van der Waals surface area contributed by atoms with E-state index in [-0.39, 0.29) is 17.4 Å². The second kappa shape index (κ2) is 7.67. The van der Waals surface area contributed by atoms with Gasteiger partial charge in [-0.3, -0.25) is 9.69 Å². The van der Waals surface area contributed by atoms with Gasteiger partial charge < -0.3 is 18.9 Å². The van der Waals surface area contributed by atoms with Crippen LogP contribution in [0.4, 0.5) is 0 Å². The van der Waals surface area contributed by atoms with Crippen molar-refractivity contribution in [1.29, 1.82) is 0 Å². The highest BCUT2D eigenvalue weighted by Gasteiger charge is 2.47. The molecule has 2 aromatic rings. The Morgan fingerprint density at radius 3 is 2.62 bits per heavy atom. The fraction of sp³-hybridized carbons (Fsp3) is 0.571. The van der Waals surface area contributed by atoms with Gasteiger partial charge in [-0.1, -0.05) is 5.16 Å². The number of rotatable bonds is 4. The van der Waals surface area contributed by atoms with Gasteiger partial charge in [-0.2, -0.15) is 4.98 Å². The molecule has 3 heterocycles. The van der Waals surface area contributed by atoms with E-state index in [9.17, 15) is 4.79 Å². The summed E-state index contributed by atoms with van der Waals surface area (Å²) in [6.45, 7) is 4.29. The summed E-state index contributed by atoms with van der Waals surface area (Å²) in [4.78, 5) is 21.8. The average Bonchev–Trinajstić information content (AvgIpc) is 3.30. The number of methoxy groups -OCH3 is 2. The van der Waals surface area contributed by atoms with Crippen LogP contribution in [0.25, 0.3) is 0 Å². The van der Waals surface area contributed by atoms with E-state index in [1.165, 1.54) is 0 Å². The van der Waals surface area contributed by atoms with Crippen molar-refractivity contribution in [2.24, 2.45) is 5.41 Å². The normalized spacial score (nSPS) is 21.5. The highest BCUT2D eigenvalue weighted by atomic mass is 16.5. The first-order valence-electron chi connectivity index (χ1n) is 9.96. The first-order chi connectivity index (χ1) is 13.9. The number of carbonyl (C=O) groups is 1. The monoisotopic (exact) mass is 400 g/mol. The second-order valence-corrected chi connectivity index (χ2v) is 8.17. The summed E-state index contributed by atoms with van der Waals surface area (Å²) in [5, 5.41) is 3.94. The third-order valence-corrected chi connectivity index (χ3v) is 6.32. The molecule has 1 aromatic carbocycles. The van der Waals surface area contributed by atoms with Crippen LogP contribution in [-0.4, -0.2) is 66.7 Å². The van der Waals surface area contributed by atoms with Crippen molar-refractivity contribution < 1.29 is 18.8 Å². The quantitative estimate of drug-likeness (QED) is 0.780. The van der Waals surface area contributed by atoms with Gasteiger partial charge in [-0.25, -0.2) is 0 Å². The van der Waals surface area contributed by atoms with Gasteiger partial charge in [-0.05, 0) is 50.8 Å². The third-order valence-electron chi connectivity index (χ3n) is 6.32. The van der Waals surface area contributed by atoms with E-state index in [4.69, 9.17) is 14.0 Å². The van der Waals surface area contributed by atoms with E-state index < -0.39 is 0 Å². The summed E-state index contributed by atoms with van der Waals surface area (Å²) >= 11 is 0. The summed E-state index contributed by atoms with van der Waals surface area (Å²) in [6.07, 6.45) is 2.91. The zero-order valence-corrected chi connectivity index (χ0v) is 17.5. The van der Waals surface area contributed by atoms with Crippen molar-refractivity contribution in [2.45, 2.75) is 32.2 Å². The van der Waals surface area contributed by atoms with Gasteiger partial charge in [0.05, 0.1) is 25.8 Å². The lowest BCUT2D eigenvalue weighted by molar-refractivity contribution is 0.0590.